The smallest absolute Gasteiger partial charge is 0.271 e. The molecule has 33 heavy (non-hydrogen) atoms. The van der Waals surface area contributed by atoms with E-state index in [1.165, 1.54) is 18.3 Å². The van der Waals surface area contributed by atoms with E-state index in [0.717, 1.165) is 16.3 Å². The van der Waals surface area contributed by atoms with Gasteiger partial charge in [-0.2, -0.15) is 0 Å². The Kier molecular flexibility index (Phi) is 7.73. The van der Waals surface area contributed by atoms with Gasteiger partial charge in [-0.1, -0.05) is 42.5 Å². The normalized spacial score (nSPS) is 12.5. The van der Waals surface area contributed by atoms with Crippen LogP contribution in [0.2, 0.25) is 0 Å². The van der Waals surface area contributed by atoms with E-state index in [2.05, 4.69) is 20.9 Å². The molecule has 10 heteroatoms. The lowest BCUT2D eigenvalue weighted by atomic mass is 10.0. The van der Waals surface area contributed by atoms with Crippen molar-refractivity contribution in [2.45, 2.75) is 38.9 Å². The second-order valence-electron chi connectivity index (χ2n) is 7.53. The van der Waals surface area contributed by atoms with Crippen molar-refractivity contribution in [2.24, 2.45) is 5.73 Å². The molecule has 2 atom stereocenters. The molecule has 1 heterocycles. The summed E-state index contributed by atoms with van der Waals surface area (Å²) in [5.41, 5.74) is 6.32. The van der Waals surface area contributed by atoms with Gasteiger partial charge in [-0.05, 0) is 30.2 Å². The van der Waals surface area contributed by atoms with Crippen LogP contribution in [0, 0.1) is 6.92 Å². The van der Waals surface area contributed by atoms with Crippen LogP contribution >= 0.6 is 11.3 Å². The van der Waals surface area contributed by atoms with Crippen LogP contribution in [0.1, 0.15) is 34.4 Å². The van der Waals surface area contributed by atoms with Gasteiger partial charge in [0.25, 0.3) is 5.91 Å². The van der Waals surface area contributed by atoms with Crippen LogP contribution in [0.25, 0.3) is 10.8 Å². The van der Waals surface area contributed by atoms with Gasteiger partial charge in [0.2, 0.25) is 17.7 Å². The molecular weight excluding hydrogens is 442 g/mol. The van der Waals surface area contributed by atoms with Crippen LogP contribution in [-0.2, 0) is 20.9 Å². The Bertz CT molecular complexity index is 1190. The molecule has 4 amide bonds. The Morgan fingerprint density at radius 2 is 1.76 bits per heavy atom. The molecular formula is C23H25N5O4S. The molecule has 3 aromatic rings. The lowest BCUT2D eigenvalue weighted by Gasteiger charge is -2.20. The summed E-state index contributed by atoms with van der Waals surface area (Å²) < 4.78 is 0. The molecule has 2 aromatic carbocycles. The molecule has 0 aliphatic heterocycles. The van der Waals surface area contributed by atoms with Crippen LogP contribution in [0.4, 0.5) is 0 Å². The van der Waals surface area contributed by atoms with E-state index in [-0.39, 0.29) is 12.2 Å². The quantitative estimate of drug-likeness (QED) is 0.376. The lowest BCUT2D eigenvalue weighted by molar-refractivity contribution is -0.130. The molecule has 0 radical (unpaired) electrons. The van der Waals surface area contributed by atoms with E-state index in [1.807, 2.05) is 42.5 Å². The van der Waals surface area contributed by atoms with Gasteiger partial charge >= 0.3 is 0 Å². The molecule has 0 fully saturated rings. The first-order valence-electron chi connectivity index (χ1n) is 10.3. The van der Waals surface area contributed by atoms with Gasteiger partial charge in [0.05, 0.1) is 11.4 Å². The molecule has 0 saturated carbocycles. The highest BCUT2D eigenvalue weighted by atomic mass is 32.1. The number of hydrogen-bond acceptors (Lipinski definition) is 6. The Morgan fingerprint density at radius 1 is 1.03 bits per heavy atom. The monoisotopic (exact) mass is 467 g/mol. The van der Waals surface area contributed by atoms with Crippen molar-refractivity contribution in [1.82, 2.24) is 20.9 Å². The third kappa shape index (κ3) is 6.36. The number of nitrogens with zero attached hydrogens (tertiary/aromatic N) is 1. The van der Waals surface area contributed by atoms with Crippen molar-refractivity contribution in [2.75, 3.05) is 0 Å². The van der Waals surface area contributed by atoms with Gasteiger partial charge in [-0.3, -0.25) is 19.2 Å². The van der Waals surface area contributed by atoms with E-state index in [4.69, 9.17) is 5.73 Å². The fourth-order valence-electron chi connectivity index (χ4n) is 3.27. The number of nitrogens with two attached hydrogens (primary N) is 1. The number of carbonyl (C=O) groups excluding carboxylic acids is 4. The van der Waals surface area contributed by atoms with Crippen molar-refractivity contribution in [3.63, 3.8) is 0 Å². The summed E-state index contributed by atoms with van der Waals surface area (Å²) in [6, 6.07) is 11.5. The molecule has 0 bridgehead atoms. The number of benzene rings is 2. The van der Waals surface area contributed by atoms with Crippen LogP contribution in [0.5, 0.6) is 0 Å². The molecule has 0 spiro atoms. The van der Waals surface area contributed by atoms with Gasteiger partial charge in [0.15, 0.2) is 0 Å². The Hall–Kier alpha value is -3.79. The Morgan fingerprint density at radius 3 is 2.45 bits per heavy atom. The zero-order valence-electron chi connectivity index (χ0n) is 18.3. The van der Waals surface area contributed by atoms with E-state index in [9.17, 15) is 19.2 Å². The van der Waals surface area contributed by atoms with Gasteiger partial charge in [0.1, 0.15) is 17.8 Å². The maximum Gasteiger partial charge on any atom is 0.271 e. The molecule has 5 N–H and O–H groups in total. The number of nitrogens with one attached hydrogen (secondary N) is 3. The number of fused-ring (bicyclic) bond motifs is 1. The van der Waals surface area contributed by atoms with Crippen molar-refractivity contribution in [3.8, 4) is 0 Å². The second kappa shape index (κ2) is 10.7. The number of aromatic nitrogens is 1. The molecule has 1 aromatic heterocycles. The zero-order chi connectivity index (χ0) is 24.0. The maximum absolute atomic E-state index is 12.7. The topological polar surface area (TPSA) is 143 Å². The number of thiazole rings is 1. The van der Waals surface area contributed by atoms with Crippen LogP contribution in [0.15, 0.2) is 47.8 Å². The standard InChI is InChI=1S/C23H25N5O4S/c1-13(21(30)25-11-16-8-5-7-15-6-3-4-9-17(15)16)26-22(31)18(10-20(24)29)28-23(32)19-12-33-14(2)27-19/h3-9,12-13,18H,10-11H2,1-2H3,(H2,24,29)(H,25,30)(H,26,31)(H,28,32)/t13-,18-/m0/s1. The van der Waals surface area contributed by atoms with Crippen LogP contribution < -0.4 is 21.7 Å². The molecule has 0 unspecified atom stereocenters. The van der Waals surface area contributed by atoms with Crippen molar-refractivity contribution >= 4 is 45.7 Å². The second-order valence-corrected chi connectivity index (χ2v) is 8.60. The number of amides is 4. The number of aryl methyl sites for hydroxylation is 1. The average Bonchev–Trinajstić information content (AvgIpc) is 3.23. The Labute approximate surface area is 194 Å². The van der Waals surface area contributed by atoms with E-state index in [1.54, 1.807) is 12.3 Å². The third-order valence-electron chi connectivity index (χ3n) is 4.96. The van der Waals surface area contributed by atoms with Gasteiger partial charge < -0.3 is 21.7 Å². The minimum Gasteiger partial charge on any atom is -0.370 e. The average molecular weight is 468 g/mol. The Balaban J connectivity index is 1.60. The molecule has 0 aliphatic rings. The first kappa shape index (κ1) is 23.9. The molecule has 172 valence electrons. The summed E-state index contributed by atoms with van der Waals surface area (Å²) in [6.07, 6.45) is -0.412. The summed E-state index contributed by atoms with van der Waals surface area (Å²) in [5.74, 6) is -2.47. The third-order valence-corrected chi connectivity index (χ3v) is 5.74. The fraction of sp³-hybridized carbons (Fsp3) is 0.261. The van der Waals surface area contributed by atoms with Crippen molar-refractivity contribution < 1.29 is 19.2 Å². The molecule has 9 nitrogen and oxygen atoms in total. The largest absolute Gasteiger partial charge is 0.370 e. The van der Waals surface area contributed by atoms with Crippen LogP contribution in [-0.4, -0.2) is 40.7 Å². The number of rotatable bonds is 9. The summed E-state index contributed by atoms with van der Waals surface area (Å²) in [6.45, 7) is 3.54. The van der Waals surface area contributed by atoms with Crippen molar-refractivity contribution in [3.05, 3.63) is 64.1 Å². The number of carbonyl (C=O) groups is 4. The minimum absolute atomic E-state index is 0.139. The lowest BCUT2D eigenvalue weighted by Crippen LogP contribution is -2.53. The summed E-state index contributed by atoms with van der Waals surface area (Å²) in [4.78, 5) is 53.1. The fourth-order valence-corrected chi connectivity index (χ4v) is 3.86. The highest BCUT2D eigenvalue weighted by molar-refractivity contribution is 7.09. The van der Waals surface area contributed by atoms with Gasteiger partial charge in [-0.15, -0.1) is 11.3 Å². The number of primary amides is 1. The SMILES string of the molecule is Cc1nc(C(=O)N[C@@H](CC(N)=O)C(=O)N[C@@H](C)C(=O)NCc2cccc3ccccc23)cs1. The predicted octanol–water partition coefficient (Wildman–Crippen LogP) is 1.40. The first-order chi connectivity index (χ1) is 15.7. The highest BCUT2D eigenvalue weighted by Gasteiger charge is 2.27. The first-order valence-corrected chi connectivity index (χ1v) is 11.2. The predicted molar refractivity (Wildman–Crippen MR) is 125 cm³/mol. The van der Waals surface area contributed by atoms with Gasteiger partial charge in [-0.25, -0.2) is 4.98 Å². The van der Waals surface area contributed by atoms with Gasteiger partial charge in [0, 0.05) is 11.9 Å². The van der Waals surface area contributed by atoms with E-state index < -0.39 is 42.1 Å². The van der Waals surface area contributed by atoms with E-state index >= 15 is 0 Å². The summed E-state index contributed by atoms with van der Waals surface area (Å²) in [7, 11) is 0. The number of hydrogen-bond donors (Lipinski definition) is 4. The summed E-state index contributed by atoms with van der Waals surface area (Å²) >= 11 is 1.28. The molecule has 0 saturated heterocycles. The van der Waals surface area contributed by atoms with E-state index in [0.29, 0.717) is 5.01 Å². The van der Waals surface area contributed by atoms with Crippen LogP contribution in [0.3, 0.4) is 0 Å². The van der Waals surface area contributed by atoms with Crippen molar-refractivity contribution in [1.29, 1.82) is 0 Å². The minimum atomic E-state index is -1.23. The molecule has 3 rings (SSSR count). The molecule has 0 aliphatic carbocycles. The zero-order valence-corrected chi connectivity index (χ0v) is 19.1. The maximum atomic E-state index is 12.7. The summed E-state index contributed by atoms with van der Waals surface area (Å²) in [5, 5.41) is 12.1. The highest BCUT2D eigenvalue weighted by Crippen LogP contribution is 2.18.